The molecule has 0 bridgehead atoms. The normalized spacial score (nSPS) is 12.8. The van der Waals surface area contributed by atoms with E-state index < -0.39 is 0 Å². The van der Waals surface area contributed by atoms with Gasteiger partial charge in [0.05, 0.1) is 0 Å². The van der Waals surface area contributed by atoms with Gasteiger partial charge in [-0.05, 0) is 40.0 Å². The van der Waals surface area contributed by atoms with Crippen LogP contribution in [0.25, 0.3) is 6.08 Å². The van der Waals surface area contributed by atoms with E-state index in [1.165, 1.54) is 16.7 Å². The Bertz CT molecular complexity index is 710. The molecule has 24 heavy (non-hydrogen) atoms. The summed E-state index contributed by atoms with van der Waals surface area (Å²) in [6, 6.07) is 14.5. The van der Waals surface area contributed by atoms with Crippen LogP contribution in [-0.2, 0) is 17.3 Å². The Morgan fingerprint density at radius 3 is 2.04 bits per heavy atom. The van der Waals surface area contributed by atoms with Gasteiger partial charge in [-0.2, -0.15) is 0 Å². The third kappa shape index (κ3) is 4.50. The number of aromatic hydroxyl groups is 1. The zero-order valence-electron chi connectivity index (χ0n) is 15.9. The van der Waals surface area contributed by atoms with E-state index in [4.69, 9.17) is 0 Å². The summed E-state index contributed by atoms with van der Waals surface area (Å²) in [5, 5.41) is 10.7. The molecular formula is C23H30O. The van der Waals surface area contributed by atoms with Gasteiger partial charge in [0, 0.05) is 5.56 Å². The molecule has 1 nitrogen and oxygen atoms in total. The maximum absolute atomic E-state index is 10.7. The van der Waals surface area contributed by atoms with Crippen molar-refractivity contribution in [3.05, 3.63) is 70.8 Å². The minimum atomic E-state index is -0.00530. The summed E-state index contributed by atoms with van der Waals surface area (Å²) in [5.74, 6) is 0.407. The first-order valence-corrected chi connectivity index (χ1v) is 8.67. The molecule has 0 aromatic heterocycles. The van der Waals surface area contributed by atoms with Crippen LogP contribution in [0, 0.1) is 0 Å². The average molecular weight is 322 g/mol. The number of phenolic OH excluding ortho intramolecular Hbond substituents is 1. The van der Waals surface area contributed by atoms with Crippen molar-refractivity contribution < 1.29 is 5.11 Å². The van der Waals surface area contributed by atoms with E-state index in [2.05, 4.69) is 71.9 Å². The largest absolute Gasteiger partial charge is 0.508 e. The highest BCUT2D eigenvalue weighted by atomic mass is 16.3. The van der Waals surface area contributed by atoms with E-state index in [1.54, 1.807) is 0 Å². The van der Waals surface area contributed by atoms with Gasteiger partial charge in [0.2, 0.25) is 0 Å². The molecule has 0 atom stereocenters. The van der Waals surface area contributed by atoms with Crippen molar-refractivity contribution >= 4 is 6.08 Å². The Balaban J connectivity index is 2.40. The zero-order valence-corrected chi connectivity index (χ0v) is 15.9. The lowest BCUT2D eigenvalue weighted by molar-refractivity contribution is 0.458. The fourth-order valence-electron chi connectivity index (χ4n) is 2.85. The van der Waals surface area contributed by atoms with Crippen molar-refractivity contribution in [1.82, 2.24) is 0 Å². The summed E-state index contributed by atoms with van der Waals surface area (Å²) in [6.07, 6.45) is 4.98. The number of hydrogen-bond acceptors (Lipinski definition) is 1. The lowest BCUT2D eigenvalue weighted by Crippen LogP contribution is -2.18. The van der Waals surface area contributed by atoms with Gasteiger partial charge < -0.3 is 5.11 Å². The molecule has 2 rings (SSSR count). The topological polar surface area (TPSA) is 20.2 Å². The molecule has 0 aliphatic carbocycles. The Morgan fingerprint density at radius 1 is 0.875 bits per heavy atom. The van der Waals surface area contributed by atoms with Gasteiger partial charge >= 0.3 is 0 Å². The maximum atomic E-state index is 10.7. The van der Waals surface area contributed by atoms with Crippen LogP contribution in [0.3, 0.4) is 0 Å². The number of rotatable bonds is 3. The van der Waals surface area contributed by atoms with Crippen LogP contribution < -0.4 is 0 Å². The quantitative estimate of drug-likeness (QED) is 0.709. The summed E-state index contributed by atoms with van der Waals surface area (Å²) in [4.78, 5) is 0. The van der Waals surface area contributed by atoms with E-state index in [9.17, 15) is 5.11 Å². The summed E-state index contributed by atoms with van der Waals surface area (Å²) in [7, 11) is 0. The Morgan fingerprint density at radius 2 is 1.50 bits per heavy atom. The molecule has 0 amide bonds. The Hall–Kier alpha value is -2.02. The highest BCUT2D eigenvalue weighted by Crippen LogP contribution is 2.37. The van der Waals surface area contributed by atoms with Crippen LogP contribution in [0.4, 0.5) is 0 Å². The highest BCUT2D eigenvalue weighted by Gasteiger charge is 2.24. The summed E-state index contributed by atoms with van der Waals surface area (Å²) < 4.78 is 0. The van der Waals surface area contributed by atoms with E-state index in [0.29, 0.717) is 5.75 Å². The molecule has 0 saturated carbocycles. The number of phenols is 1. The minimum Gasteiger partial charge on any atom is -0.508 e. The number of benzene rings is 2. The van der Waals surface area contributed by atoms with Gasteiger partial charge in [0.15, 0.2) is 0 Å². The fraction of sp³-hybridized carbons (Fsp3) is 0.391. The first-order chi connectivity index (χ1) is 11.1. The molecule has 0 saturated heterocycles. The standard InChI is InChI=1S/C23H30O/c1-22(2,3)18-15-20(23(4,5)6)19(21(24)16-18)14-10-13-17-11-8-7-9-12-17/h7-13,15-16,24H,14H2,1-6H3. The molecule has 0 spiro atoms. The first kappa shape index (κ1) is 18.3. The second-order valence-corrected chi connectivity index (χ2v) is 8.54. The molecular weight excluding hydrogens is 292 g/mol. The molecule has 0 heterocycles. The van der Waals surface area contributed by atoms with E-state index >= 15 is 0 Å². The molecule has 0 aliphatic heterocycles. The molecule has 128 valence electrons. The van der Waals surface area contributed by atoms with Crippen LogP contribution in [0.5, 0.6) is 5.75 Å². The van der Waals surface area contributed by atoms with Crippen LogP contribution in [-0.4, -0.2) is 5.11 Å². The van der Waals surface area contributed by atoms with Gasteiger partial charge in [0.25, 0.3) is 0 Å². The molecule has 1 heteroatoms. The molecule has 2 aromatic rings. The minimum absolute atomic E-state index is 0.00530. The van der Waals surface area contributed by atoms with Crippen LogP contribution in [0.2, 0.25) is 0 Å². The van der Waals surface area contributed by atoms with Crippen molar-refractivity contribution in [2.45, 2.75) is 58.8 Å². The fourth-order valence-corrected chi connectivity index (χ4v) is 2.85. The second-order valence-electron chi connectivity index (χ2n) is 8.54. The first-order valence-electron chi connectivity index (χ1n) is 8.67. The number of hydrogen-bond donors (Lipinski definition) is 1. The van der Waals surface area contributed by atoms with Crippen molar-refractivity contribution in [2.24, 2.45) is 0 Å². The van der Waals surface area contributed by atoms with Gasteiger partial charge in [0.1, 0.15) is 5.75 Å². The lowest BCUT2D eigenvalue weighted by atomic mass is 9.77. The monoisotopic (exact) mass is 322 g/mol. The lowest BCUT2D eigenvalue weighted by Gasteiger charge is -2.28. The third-order valence-electron chi connectivity index (χ3n) is 4.33. The van der Waals surface area contributed by atoms with Crippen molar-refractivity contribution in [3.63, 3.8) is 0 Å². The van der Waals surface area contributed by atoms with E-state index in [-0.39, 0.29) is 10.8 Å². The zero-order chi connectivity index (χ0) is 18.0. The van der Waals surface area contributed by atoms with Crippen LogP contribution >= 0.6 is 0 Å². The molecule has 0 aliphatic rings. The van der Waals surface area contributed by atoms with Gasteiger partial charge in [-0.1, -0.05) is 90.1 Å². The average Bonchev–Trinajstić information content (AvgIpc) is 2.47. The van der Waals surface area contributed by atoms with Crippen molar-refractivity contribution in [3.8, 4) is 5.75 Å². The predicted octanol–water partition coefficient (Wildman–Crippen LogP) is 6.24. The Labute approximate surface area is 147 Å². The molecule has 1 N–H and O–H groups in total. The summed E-state index contributed by atoms with van der Waals surface area (Å²) >= 11 is 0. The van der Waals surface area contributed by atoms with Crippen molar-refractivity contribution in [2.75, 3.05) is 0 Å². The Kier molecular flexibility index (Phi) is 5.22. The van der Waals surface area contributed by atoms with E-state index in [1.807, 2.05) is 24.3 Å². The molecule has 0 fully saturated rings. The van der Waals surface area contributed by atoms with Gasteiger partial charge in [-0.3, -0.25) is 0 Å². The third-order valence-corrected chi connectivity index (χ3v) is 4.33. The molecule has 2 aromatic carbocycles. The predicted molar refractivity (Wildman–Crippen MR) is 105 cm³/mol. The van der Waals surface area contributed by atoms with Crippen molar-refractivity contribution in [1.29, 1.82) is 0 Å². The molecule has 0 radical (unpaired) electrons. The van der Waals surface area contributed by atoms with Crippen LogP contribution in [0.1, 0.15) is 63.8 Å². The SMILES string of the molecule is CC(C)(C)c1cc(O)c(CC=Cc2ccccc2)c(C(C)(C)C)c1. The number of allylic oxidation sites excluding steroid dienone is 1. The summed E-state index contributed by atoms with van der Waals surface area (Å²) in [6.45, 7) is 13.2. The van der Waals surface area contributed by atoms with Gasteiger partial charge in [-0.25, -0.2) is 0 Å². The highest BCUT2D eigenvalue weighted by molar-refractivity contribution is 5.53. The van der Waals surface area contributed by atoms with Gasteiger partial charge in [-0.15, -0.1) is 0 Å². The van der Waals surface area contributed by atoms with Crippen LogP contribution in [0.15, 0.2) is 48.5 Å². The maximum Gasteiger partial charge on any atom is 0.119 e. The molecule has 0 unspecified atom stereocenters. The summed E-state index contributed by atoms with van der Waals surface area (Å²) in [5.41, 5.74) is 4.64. The second kappa shape index (κ2) is 6.84. The smallest absolute Gasteiger partial charge is 0.119 e. The van der Waals surface area contributed by atoms with E-state index in [0.717, 1.165) is 12.0 Å².